The first kappa shape index (κ1) is 14.3. The normalized spacial score (nSPS) is 22.5. The van der Waals surface area contributed by atoms with E-state index in [1.807, 2.05) is 27.7 Å². The molecule has 0 radical (unpaired) electrons. The molecule has 1 aromatic heterocycles. The Morgan fingerprint density at radius 2 is 1.79 bits per heavy atom. The van der Waals surface area contributed by atoms with Crippen LogP contribution < -0.4 is 11.2 Å². The van der Waals surface area contributed by atoms with E-state index in [9.17, 15) is 5.11 Å². The van der Waals surface area contributed by atoms with E-state index in [1.165, 1.54) is 6.20 Å². The van der Waals surface area contributed by atoms with Crippen molar-refractivity contribution in [2.24, 2.45) is 0 Å². The van der Waals surface area contributed by atoms with Crippen molar-refractivity contribution in [1.29, 1.82) is 0 Å². The molecule has 0 aliphatic carbocycles. The summed E-state index contributed by atoms with van der Waals surface area (Å²) in [6.07, 6.45) is 0.825. The maximum atomic E-state index is 9.80. The van der Waals surface area contributed by atoms with E-state index >= 15 is 0 Å². The summed E-state index contributed by atoms with van der Waals surface area (Å²) in [5.41, 5.74) is 6.66. The minimum Gasteiger partial charge on any atom is -0.399 e. The maximum absolute atomic E-state index is 9.80. The van der Waals surface area contributed by atoms with Gasteiger partial charge in [-0.2, -0.15) is 0 Å². The molecular weight excluding hydrogens is 243 g/mol. The molecule has 0 aromatic carbocycles. The molecule has 104 valence electrons. The molecular formula is C13H21BN2O3. The zero-order valence-corrected chi connectivity index (χ0v) is 12.1. The number of rotatable bonds is 2. The second-order valence-corrected chi connectivity index (χ2v) is 6.01. The molecule has 1 atom stereocenters. The summed E-state index contributed by atoms with van der Waals surface area (Å²) >= 11 is 0. The van der Waals surface area contributed by atoms with Gasteiger partial charge in [-0.25, -0.2) is 0 Å². The summed E-state index contributed by atoms with van der Waals surface area (Å²) in [5.74, 6) is 0. The lowest BCUT2D eigenvalue weighted by molar-refractivity contribution is 0.00578. The van der Waals surface area contributed by atoms with Crippen LogP contribution in [0, 0.1) is 0 Å². The molecule has 6 heteroatoms. The van der Waals surface area contributed by atoms with Crippen LogP contribution in [0.1, 0.15) is 46.4 Å². The van der Waals surface area contributed by atoms with Crippen LogP contribution in [0.5, 0.6) is 0 Å². The smallest absolute Gasteiger partial charge is 0.399 e. The lowest BCUT2D eigenvalue weighted by Crippen LogP contribution is -2.41. The minimum absolute atomic E-state index is 0.432. The van der Waals surface area contributed by atoms with E-state index in [2.05, 4.69) is 4.98 Å². The van der Waals surface area contributed by atoms with Crippen LogP contribution in [0.25, 0.3) is 0 Å². The van der Waals surface area contributed by atoms with Crippen molar-refractivity contribution in [1.82, 2.24) is 4.98 Å². The maximum Gasteiger partial charge on any atom is 0.496 e. The van der Waals surface area contributed by atoms with E-state index in [0.29, 0.717) is 16.8 Å². The number of hydrogen-bond donors (Lipinski definition) is 2. The number of anilines is 1. The first-order valence-corrected chi connectivity index (χ1v) is 6.43. The highest BCUT2D eigenvalue weighted by Crippen LogP contribution is 2.36. The fraction of sp³-hybridized carbons (Fsp3) is 0.615. The van der Waals surface area contributed by atoms with Gasteiger partial charge in [0.05, 0.1) is 29.2 Å². The molecule has 19 heavy (non-hydrogen) atoms. The first-order valence-electron chi connectivity index (χ1n) is 6.43. The quantitative estimate of drug-likeness (QED) is 0.780. The highest BCUT2D eigenvalue weighted by molar-refractivity contribution is 6.62. The van der Waals surface area contributed by atoms with Gasteiger partial charge < -0.3 is 20.1 Å². The Bertz CT molecular complexity index is 473. The molecule has 5 nitrogen and oxygen atoms in total. The summed E-state index contributed by atoms with van der Waals surface area (Å²) < 4.78 is 11.9. The minimum atomic E-state index is -0.699. The third-order valence-electron chi connectivity index (χ3n) is 3.87. The highest BCUT2D eigenvalue weighted by atomic mass is 16.7. The van der Waals surface area contributed by atoms with Gasteiger partial charge in [0.1, 0.15) is 0 Å². The molecule has 2 rings (SSSR count). The Balaban J connectivity index is 2.41. The number of aliphatic hydroxyl groups is 1. The van der Waals surface area contributed by atoms with Crippen molar-refractivity contribution >= 4 is 18.3 Å². The van der Waals surface area contributed by atoms with E-state index in [4.69, 9.17) is 15.0 Å². The molecule has 0 bridgehead atoms. The third-order valence-corrected chi connectivity index (χ3v) is 3.87. The summed E-state index contributed by atoms with van der Waals surface area (Å²) in [6.45, 7) is 9.58. The van der Waals surface area contributed by atoms with Crippen LogP contribution in [0.3, 0.4) is 0 Å². The van der Waals surface area contributed by atoms with Crippen LogP contribution in [-0.2, 0) is 9.31 Å². The largest absolute Gasteiger partial charge is 0.496 e. The van der Waals surface area contributed by atoms with Gasteiger partial charge in [-0.3, -0.25) is 4.98 Å². The van der Waals surface area contributed by atoms with Crippen molar-refractivity contribution in [3.8, 4) is 0 Å². The molecule has 1 aliphatic heterocycles. The molecule has 1 aromatic rings. The van der Waals surface area contributed by atoms with Crippen LogP contribution in [0.2, 0.25) is 0 Å². The van der Waals surface area contributed by atoms with Gasteiger partial charge >= 0.3 is 7.12 Å². The number of aromatic nitrogens is 1. The van der Waals surface area contributed by atoms with Crippen molar-refractivity contribution in [2.45, 2.75) is 51.9 Å². The first-order chi connectivity index (χ1) is 8.64. The lowest BCUT2D eigenvalue weighted by atomic mass is 9.76. The average Bonchev–Trinajstić information content (AvgIpc) is 2.47. The van der Waals surface area contributed by atoms with Crippen molar-refractivity contribution in [3.63, 3.8) is 0 Å². The third kappa shape index (κ3) is 2.48. The van der Waals surface area contributed by atoms with E-state index < -0.39 is 24.4 Å². The Morgan fingerprint density at radius 1 is 1.26 bits per heavy atom. The Kier molecular flexibility index (Phi) is 3.37. The van der Waals surface area contributed by atoms with Gasteiger partial charge in [0.25, 0.3) is 0 Å². The predicted octanol–water partition coefficient (Wildman–Crippen LogP) is 1.02. The summed E-state index contributed by atoms with van der Waals surface area (Å²) in [7, 11) is -0.564. The lowest BCUT2D eigenvalue weighted by Gasteiger charge is -2.32. The molecule has 0 saturated carbocycles. The Morgan fingerprint density at radius 3 is 2.26 bits per heavy atom. The molecule has 0 spiro atoms. The van der Waals surface area contributed by atoms with Gasteiger partial charge in [0.2, 0.25) is 0 Å². The zero-order valence-electron chi connectivity index (χ0n) is 12.1. The van der Waals surface area contributed by atoms with Crippen molar-refractivity contribution in [3.05, 3.63) is 18.0 Å². The molecule has 1 saturated heterocycles. The Labute approximate surface area is 114 Å². The number of pyridine rings is 1. The van der Waals surface area contributed by atoms with Crippen molar-refractivity contribution in [2.75, 3.05) is 5.73 Å². The summed E-state index contributed by atoms with van der Waals surface area (Å²) in [6, 6.07) is 1.75. The fourth-order valence-electron chi connectivity index (χ4n) is 2.02. The highest BCUT2D eigenvalue weighted by Gasteiger charge is 2.52. The molecule has 1 aliphatic rings. The Hall–Kier alpha value is -1.11. The van der Waals surface area contributed by atoms with Crippen LogP contribution in [0.15, 0.2) is 12.3 Å². The average molecular weight is 264 g/mol. The van der Waals surface area contributed by atoms with Gasteiger partial charge in [0, 0.05) is 11.2 Å². The number of aliphatic hydroxyl groups excluding tert-OH is 1. The number of nitrogens with two attached hydrogens (primary N) is 1. The number of nitrogen functional groups attached to an aromatic ring is 1. The molecule has 1 fully saturated rings. The second-order valence-electron chi connectivity index (χ2n) is 6.01. The van der Waals surface area contributed by atoms with E-state index in [1.54, 1.807) is 13.0 Å². The monoisotopic (exact) mass is 264 g/mol. The number of nitrogens with zero attached hydrogens (tertiary/aromatic N) is 1. The molecule has 2 heterocycles. The molecule has 3 N–H and O–H groups in total. The summed E-state index contributed by atoms with van der Waals surface area (Å²) in [5, 5.41) is 9.80. The second kappa shape index (κ2) is 4.47. The van der Waals surface area contributed by atoms with Gasteiger partial charge in [-0.15, -0.1) is 0 Å². The molecule has 0 amide bonds. The SMILES string of the molecule is CC(O)c1ncc(N)cc1B1OC(C)(C)C(C)(C)O1. The standard InChI is InChI=1S/C13H21BN2O3/c1-8(17)11-10(6-9(15)7-16-11)14-18-12(2,3)13(4,5)19-14/h6-8,17H,15H2,1-5H3. The molecule has 1 unspecified atom stereocenters. The topological polar surface area (TPSA) is 77.6 Å². The van der Waals surface area contributed by atoms with Gasteiger partial charge in [-0.1, -0.05) is 0 Å². The van der Waals surface area contributed by atoms with Crippen LogP contribution >= 0.6 is 0 Å². The van der Waals surface area contributed by atoms with E-state index in [0.717, 1.165) is 0 Å². The van der Waals surface area contributed by atoms with Gasteiger partial charge in [0.15, 0.2) is 0 Å². The van der Waals surface area contributed by atoms with Crippen LogP contribution in [0.4, 0.5) is 5.69 Å². The zero-order chi connectivity index (χ0) is 14.4. The van der Waals surface area contributed by atoms with Crippen LogP contribution in [-0.4, -0.2) is 28.4 Å². The fourth-order valence-corrected chi connectivity index (χ4v) is 2.02. The summed E-state index contributed by atoms with van der Waals surface area (Å²) in [4.78, 5) is 4.18. The van der Waals surface area contributed by atoms with Crippen molar-refractivity contribution < 1.29 is 14.4 Å². The number of hydrogen-bond acceptors (Lipinski definition) is 5. The predicted molar refractivity (Wildman–Crippen MR) is 75.0 cm³/mol. The van der Waals surface area contributed by atoms with Gasteiger partial charge in [-0.05, 0) is 40.7 Å². The van der Waals surface area contributed by atoms with E-state index in [-0.39, 0.29) is 0 Å².